The molecule has 4 N–H and O–H groups in total. The van der Waals surface area contributed by atoms with Crippen LogP contribution in [0, 0.1) is 0 Å². The maximum atomic E-state index is 11.1. The zero-order chi connectivity index (χ0) is 21.6. The second kappa shape index (κ2) is 7.55. The Hall–Kier alpha value is -3.10. The van der Waals surface area contributed by atoms with Gasteiger partial charge in [0.05, 0.1) is 23.3 Å². The van der Waals surface area contributed by atoms with Gasteiger partial charge in [-0.15, -0.1) is 0 Å². The zero-order valence-electron chi connectivity index (χ0n) is 17.8. The van der Waals surface area contributed by atoms with Gasteiger partial charge < -0.3 is 16.2 Å². The largest absolute Gasteiger partial charge is 0.383 e. The van der Waals surface area contributed by atoms with E-state index in [2.05, 4.69) is 46.4 Å². The van der Waals surface area contributed by atoms with Crippen molar-refractivity contribution in [2.45, 2.75) is 44.8 Å². The summed E-state index contributed by atoms with van der Waals surface area (Å²) >= 11 is 0. The van der Waals surface area contributed by atoms with Gasteiger partial charge in [0.25, 0.3) is 0 Å². The summed E-state index contributed by atoms with van der Waals surface area (Å²) in [5.74, 6) is 0.177. The van der Waals surface area contributed by atoms with E-state index in [1.807, 2.05) is 29.3 Å². The van der Waals surface area contributed by atoms with Gasteiger partial charge in [-0.3, -0.25) is 9.67 Å². The minimum Gasteiger partial charge on any atom is -0.383 e. The summed E-state index contributed by atoms with van der Waals surface area (Å²) in [6.45, 7) is 5.70. The number of nitrogen functional groups attached to an aromatic ring is 1. The predicted molar refractivity (Wildman–Crippen MR) is 119 cm³/mol. The molecule has 1 aliphatic heterocycles. The molecule has 0 bridgehead atoms. The molecule has 0 amide bonds. The number of piperidine rings is 1. The Labute approximate surface area is 181 Å². The number of nitrogens with one attached hydrogen (secondary N) is 1. The molecule has 0 spiro atoms. The highest BCUT2D eigenvalue weighted by Gasteiger charge is 2.34. The lowest BCUT2D eigenvalue weighted by Gasteiger charge is -2.32. The fourth-order valence-corrected chi connectivity index (χ4v) is 4.31. The molecule has 4 heterocycles. The lowest BCUT2D eigenvalue weighted by Crippen LogP contribution is -2.40. The maximum Gasteiger partial charge on any atom is 0.220 e. The summed E-state index contributed by atoms with van der Waals surface area (Å²) in [5.41, 5.74) is 11.5. The molecule has 160 valence electrons. The van der Waals surface area contributed by atoms with Crippen LogP contribution in [0.2, 0.25) is 0 Å². The number of aromatic nitrogens is 5. The quantitative estimate of drug-likeness (QED) is 0.597. The van der Waals surface area contributed by atoms with Crippen molar-refractivity contribution in [3.63, 3.8) is 0 Å². The van der Waals surface area contributed by atoms with Gasteiger partial charge in [-0.1, -0.05) is 6.08 Å². The van der Waals surface area contributed by atoms with Crippen molar-refractivity contribution in [1.82, 2.24) is 30.0 Å². The van der Waals surface area contributed by atoms with E-state index in [1.165, 1.54) is 0 Å². The first-order valence-electron chi connectivity index (χ1n) is 10.8. The zero-order valence-corrected chi connectivity index (χ0v) is 17.8. The smallest absolute Gasteiger partial charge is 0.220 e. The highest BCUT2D eigenvalue weighted by Crippen LogP contribution is 2.36. The Morgan fingerprint density at radius 3 is 2.68 bits per heavy atom. The summed E-state index contributed by atoms with van der Waals surface area (Å²) in [6, 6.07) is 4.32. The van der Waals surface area contributed by atoms with Gasteiger partial charge in [-0.25, -0.2) is 9.97 Å². The Morgan fingerprint density at radius 1 is 1.13 bits per heavy atom. The summed E-state index contributed by atoms with van der Waals surface area (Å²) in [7, 11) is 0. The average Bonchev–Trinajstić information content (AvgIpc) is 3.41. The van der Waals surface area contributed by atoms with E-state index in [4.69, 9.17) is 10.7 Å². The van der Waals surface area contributed by atoms with Gasteiger partial charge in [-0.05, 0) is 51.9 Å². The highest BCUT2D eigenvalue weighted by atomic mass is 16.3. The van der Waals surface area contributed by atoms with E-state index in [-0.39, 0.29) is 5.95 Å². The topological polar surface area (TPSA) is 115 Å². The van der Waals surface area contributed by atoms with Crippen molar-refractivity contribution in [2.24, 2.45) is 0 Å². The van der Waals surface area contributed by atoms with Crippen molar-refractivity contribution in [3.05, 3.63) is 59.4 Å². The van der Waals surface area contributed by atoms with Gasteiger partial charge in [0.15, 0.2) is 0 Å². The van der Waals surface area contributed by atoms with Crippen molar-refractivity contribution < 1.29 is 5.11 Å². The van der Waals surface area contributed by atoms with Crippen molar-refractivity contribution in [1.29, 1.82) is 0 Å². The van der Waals surface area contributed by atoms with E-state index in [0.717, 1.165) is 53.2 Å². The van der Waals surface area contributed by atoms with Gasteiger partial charge in [0.1, 0.15) is 5.60 Å². The van der Waals surface area contributed by atoms with E-state index in [1.54, 1.807) is 0 Å². The van der Waals surface area contributed by atoms with E-state index in [0.29, 0.717) is 24.6 Å². The molecule has 8 nitrogen and oxygen atoms in total. The molecular formula is C23H27N7O. The van der Waals surface area contributed by atoms with E-state index >= 15 is 0 Å². The van der Waals surface area contributed by atoms with Crippen LogP contribution in [0.15, 0.2) is 36.8 Å². The summed E-state index contributed by atoms with van der Waals surface area (Å²) < 4.78 is 1.94. The summed E-state index contributed by atoms with van der Waals surface area (Å²) in [6.07, 6.45) is 9.87. The lowest BCUT2D eigenvalue weighted by atomic mass is 9.88. The molecule has 8 heteroatoms. The number of rotatable bonds is 4. The molecule has 0 saturated carbocycles. The summed E-state index contributed by atoms with van der Waals surface area (Å²) in [4.78, 5) is 13.6. The van der Waals surface area contributed by atoms with Crippen LogP contribution >= 0.6 is 0 Å². The van der Waals surface area contributed by atoms with Gasteiger partial charge >= 0.3 is 0 Å². The highest BCUT2D eigenvalue weighted by molar-refractivity contribution is 5.84. The molecule has 0 atom stereocenters. The molecule has 3 aromatic heterocycles. The maximum absolute atomic E-state index is 11.1. The fourth-order valence-electron chi connectivity index (χ4n) is 4.31. The van der Waals surface area contributed by atoms with Crippen LogP contribution in [0.1, 0.15) is 55.4 Å². The molecule has 1 fully saturated rings. The average molecular weight is 418 g/mol. The van der Waals surface area contributed by atoms with Crippen LogP contribution in [0.3, 0.4) is 0 Å². The van der Waals surface area contributed by atoms with E-state index < -0.39 is 5.60 Å². The van der Waals surface area contributed by atoms with Crippen LogP contribution < -0.4 is 11.1 Å². The third kappa shape index (κ3) is 3.62. The van der Waals surface area contributed by atoms with Gasteiger partial charge in [-0.2, -0.15) is 5.10 Å². The Bertz CT molecular complexity index is 1160. The number of hydrogen-bond acceptors (Lipinski definition) is 7. The Morgan fingerprint density at radius 2 is 1.94 bits per heavy atom. The molecule has 0 unspecified atom stereocenters. The monoisotopic (exact) mass is 417 g/mol. The Kier molecular flexibility index (Phi) is 4.83. The number of fused-ring (bicyclic) bond motifs is 1. The third-order valence-corrected chi connectivity index (χ3v) is 6.15. The van der Waals surface area contributed by atoms with Crippen LogP contribution in [0.4, 0.5) is 5.95 Å². The summed E-state index contributed by atoms with van der Waals surface area (Å²) in [5, 5.41) is 18.9. The number of aliphatic hydroxyl groups is 1. The number of allylic oxidation sites excluding steroid dienone is 1. The minimum absolute atomic E-state index is 0.177. The second-order valence-electron chi connectivity index (χ2n) is 8.62. The second-order valence-corrected chi connectivity index (χ2v) is 8.62. The van der Waals surface area contributed by atoms with Crippen LogP contribution in [0.25, 0.3) is 16.7 Å². The van der Waals surface area contributed by atoms with E-state index in [9.17, 15) is 5.11 Å². The van der Waals surface area contributed by atoms with Crippen LogP contribution in [-0.2, 0) is 12.0 Å². The molecular weight excluding hydrogens is 390 g/mol. The SMILES string of the molecule is CC(C)n1cc(-c2cnc3c(c2)C(c2cc(C4(O)CCNCC4)nc(N)n2)=CC3)cn1. The molecule has 1 saturated heterocycles. The first kappa shape index (κ1) is 19.8. The first-order chi connectivity index (χ1) is 14.9. The third-order valence-electron chi connectivity index (χ3n) is 6.15. The van der Waals surface area contributed by atoms with Crippen LogP contribution in [0.5, 0.6) is 0 Å². The van der Waals surface area contributed by atoms with Crippen LogP contribution in [-0.4, -0.2) is 42.9 Å². The molecule has 2 aliphatic rings. The molecule has 31 heavy (non-hydrogen) atoms. The van der Waals surface area contributed by atoms with Crippen molar-refractivity contribution in [2.75, 3.05) is 18.8 Å². The normalized spacial score (nSPS) is 17.6. The first-order valence-corrected chi connectivity index (χ1v) is 10.8. The number of nitrogens with two attached hydrogens (primary N) is 1. The molecule has 3 aromatic rings. The molecule has 0 radical (unpaired) electrons. The van der Waals surface area contributed by atoms with Gasteiger partial charge in [0, 0.05) is 47.1 Å². The number of nitrogens with zero attached hydrogens (tertiary/aromatic N) is 5. The lowest BCUT2D eigenvalue weighted by molar-refractivity contribution is 0.00186. The van der Waals surface area contributed by atoms with Gasteiger partial charge in [0.2, 0.25) is 5.95 Å². The van der Waals surface area contributed by atoms with Crippen molar-refractivity contribution >= 4 is 11.5 Å². The molecule has 1 aliphatic carbocycles. The Balaban J connectivity index is 1.52. The minimum atomic E-state index is -0.982. The number of pyridine rings is 1. The van der Waals surface area contributed by atoms with Crippen molar-refractivity contribution in [3.8, 4) is 11.1 Å². The molecule has 5 rings (SSSR count). The number of anilines is 1. The fraction of sp³-hybridized carbons (Fsp3) is 0.391. The molecule has 0 aromatic carbocycles. The standard InChI is InChI=1S/C23H27N7O/c1-14(2)30-13-16(12-27-30)15-9-18-17(3-4-19(18)26-11-15)20-10-21(29-22(24)28-20)23(31)5-7-25-8-6-23/h3,9-14,25,31H,4-8H2,1-2H3,(H2,24,28,29). The number of hydrogen-bond donors (Lipinski definition) is 3. The predicted octanol–water partition coefficient (Wildman–Crippen LogP) is 2.46.